The third-order valence-corrected chi connectivity index (χ3v) is 3.71. The zero-order valence-electron chi connectivity index (χ0n) is 11.2. The maximum atomic E-state index is 11.3. The Bertz CT molecular complexity index is 665. The second kappa shape index (κ2) is 8.59. The molecule has 0 aliphatic heterocycles. The van der Waals surface area contributed by atoms with Gasteiger partial charge in [0.2, 0.25) is 11.8 Å². The Morgan fingerprint density at radius 1 is 1.23 bits per heavy atom. The average Bonchev–Trinajstić information content (AvgIpc) is 2.46. The van der Waals surface area contributed by atoms with Gasteiger partial charge in [-0.15, -0.1) is 0 Å². The summed E-state index contributed by atoms with van der Waals surface area (Å²) in [5, 5.41) is 9.69. The van der Waals surface area contributed by atoms with Crippen LogP contribution in [-0.4, -0.2) is 64.8 Å². The van der Waals surface area contributed by atoms with E-state index in [4.69, 9.17) is 21.1 Å². The quantitative estimate of drug-likeness (QED) is 0.654. The van der Waals surface area contributed by atoms with Gasteiger partial charge in [-0.2, -0.15) is 9.97 Å². The van der Waals surface area contributed by atoms with E-state index >= 15 is 0 Å². The van der Waals surface area contributed by atoms with Gasteiger partial charge in [0.25, 0.3) is 0 Å². The van der Waals surface area contributed by atoms with Crippen molar-refractivity contribution >= 4 is 58.9 Å². The molecular weight excluding hydrogens is 339 g/mol. The van der Waals surface area contributed by atoms with Crippen molar-refractivity contribution in [1.82, 2.24) is 9.97 Å². The van der Waals surface area contributed by atoms with Crippen LogP contribution in [0.3, 0.4) is 0 Å². The first-order valence-corrected chi connectivity index (χ1v) is 6.91. The number of ether oxygens (including phenoxy) is 2. The Kier molecular flexibility index (Phi) is 7.44. The number of hydrogen-bond donors (Lipinski definition) is 1. The Hall–Kier alpha value is -0.990. The number of methoxy groups -OCH3 is 2. The molecule has 1 aromatic heterocycles. The van der Waals surface area contributed by atoms with Crippen LogP contribution in [0.2, 0.25) is 5.02 Å². The fourth-order valence-corrected chi connectivity index (χ4v) is 2.76. The summed E-state index contributed by atoms with van der Waals surface area (Å²) in [6.45, 7) is 0. The predicted octanol–water partition coefficient (Wildman–Crippen LogP) is 2.35. The molecule has 0 spiro atoms. The average molecular weight is 351 g/mol. The van der Waals surface area contributed by atoms with Crippen LogP contribution in [0, 0.1) is 0 Å². The Balaban J connectivity index is 0.00000242. The number of halogens is 1. The number of hydrogen-bond acceptors (Lipinski definition) is 6. The van der Waals surface area contributed by atoms with Crippen LogP contribution in [-0.2, 0) is 0 Å². The van der Waals surface area contributed by atoms with Crippen LogP contribution >= 0.6 is 23.4 Å². The molecular formula is C13H12ClN2NaO4S. The van der Waals surface area contributed by atoms with Crippen LogP contribution in [0.5, 0.6) is 11.8 Å². The van der Waals surface area contributed by atoms with Gasteiger partial charge in [-0.05, 0) is 23.9 Å². The molecule has 0 fully saturated rings. The fourth-order valence-electron chi connectivity index (χ4n) is 1.53. The molecule has 0 aliphatic carbocycles. The van der Waals surface area contributed by atoms with E-state index in [1.807, 2.05) is 0 Å². The predicted molar refractivity (Wildman–Crippen MR) is 84.8 cm³/mol. The van der Waals surface area contributed by atoms with Crippen molar-refractivity contribution in [2.75, 3.05) is 14.2 Å². The van der Waals surface area contributed by atoms with Gasteiger partial charge < -0.3 is 14.6 Å². The molecule has 0 atom stereocenters. The number of aromatic nitrogens is 2. The minimum atomic E-state index is -1.11. The molecule has 112 valence electrons. The van der Waals surface area contributed by atoms with Crippen molar-refractivity contribution in [3.05, 3.63) is 34.9 Å². The number of carboxylic acid groups (broad SMARTS) is 1. The summed E-state index contributed by atoms with van der Waals surface area (Å²) < 4.78 is 10.1. The fraction of sp³-hybridized carbons (Fsp3) is 0.154. The van der Waals surface area contributed by atoms with Gasteiger partial charge in [0.05, 0.1) is 30.9 Å². The zero-order valence-corrected chi connectivity index (χ0v) is 12.7. The van der Waals surface area contributed by atoms with Crippen molar-refractivity contribution in [3.63, 3.8) is 0 Å². The molecule has 0 bridgehead atoms. The van der Waals surface area contributed by atoms with E-state index in [0.717, 1.165) is 11.8 Å². The normalized spacial score (nSPS) is 9.77. The first-order chi connectivity index (χ1) is 10.0. The summed E-state index contributed by atoms with van der Waals surface area (Å²) in [5.74, 6) is -0.468. The van der Waals surface area contributed by atoms with E-state index in [1.54, 1.807) is 12.1 Å². The zero-order chi connectivity index (χ0) is 15.4. The minimum absolute atomic E-state index is 0. The topological polar surface area (TPSA) is 81.5 Å². The Labute approximate surface area is 158 Å². The molecule has 0 aliphatic rings. The van der Waals surface area contributed by atoms with Gasteiger partial charge in [0, 0.05) is 4.90 Å². The molecule has 0 saturated heterocycles. The molecule has 0 unspecified atom stereocenters. The van der Waals surface area contributed by atoms with Crippen molar-refractivity contribution < 1.29 is 19.4 Å². The Morgan fingerprint density at radius 3 is 2.32 bits per heavy atom. The molecule has 1 heterocycles. The van der Waals surface area contributed by atoms with Crippen molar-refractivity contribution in [3.8, 4) is 11.8 Å². The monoisotopic (exact) mass is 350 g/mol. The van der Waals surface area contributed by atoms with E-state index in [9.17, 15) is 9.90 Å². The molecule has 0 saturated carbocycles. The van der Waals surface area contributed by atoms with Gasteiger partial charge in [-0.25, -0.2) is 4.79 Å². The first kappa shape index (κ1) is 19.1. The Morgan fingerprint density at radius 2 is 1.82 bits per heavy atom. The summed E-state index contributed by atoms with van der Waals surface area (Å²) in [5.41, 5.74) is 0.00885. The summed E-state index contributed by atoms with van der Waals surface area (Å²) in [6.07, 6.45) is 0. The third-order valence-electron chi connectivity index (χ3n) is 2.47. The van der Waals surface area contributed by atoms with Crippen LogP contribution in [0.25, 0.3) is 0 Å². The van der Waals surface area contributed by atoms with Crippen molar-refractivity contribution in [2.24, 2.45) is 0 Å². The number of carboxylic acids is 1. The maximum absolute atomic E-state index is 11.3. The molecule has 1 N–H and O–H groups in total. The number of carbonyl (C=O) groups is 1. The molecule has 0 radical (unpaired) electrons. The number of nitrogens with zero attached hydrogens (tertiary/aromatic N) is 2. The van der Waals surface area contributed by atoms with E-state index in [1.165, 1.54) is 26.4 Å². The first-order valence-electron chi connectivity index (χ1n) is 5.72. The molecule has 0 amide bonds. The van der Waals surface area contributed by atoms with Crippen LogP contribution < -0.4 is 9.47 Å². The third kappa shape index (κ3) is 4.50. The van der Waals surface area contributed by atoms with Crippen LogP contribution in [0.4, 0.5) is 0 Å². The summed E-state index contributed by atoms with van der Waals surface area (Å²) >= 11 is 6.99. The van der Waals surface area contributed by atoms with E-state index in [-0.39, 0.29) is 40.1 Å². The van der Waals surface area contributed by atoms with Gasteiger partial charge in [-0.1, -0.05) is 17.7 Å². The summed E-state index contributed by atoms with van der Waals surface area (Å²) in [4.78, 5) is 20.0. The molecule has 2 aromatic rings. The van der Waals surface area contributed by atoms with Gasteiger partial charge in [-0.3, -0.25) is 0 Å². The molecule has 22 heavy (non-hydrogen) atoms. The summed E-state index contributed by atoms with van der Waals surface area (Å²) in [6, 6.07) is 6.34. The number of benzene rings is 1. The van der Waals surface area contributed by atoms with E-state index in [2.05, 4.69) is 9.97 Å². The van der Waals surface area contributed by atoms with Gasteiger partial charge in [0.1, 0.15) is 0 Å². The second-order valence-corrected chi connectivity index (χ2v) is 5.17. The van der Waals surface area contributed by atoms with Gasteiger partial charge in [0.15, 0.2) is 5.16 Å². The second-order valence-electron chi connectivity index (χ2n) is 3.76. The molecule has 6 nitrogen and oxygen atoms in total. The number of rotatable bonds is 5. The van der Waals surface area contributed by atoms with E-state index in [0.29, 0.717) is 21.8 Å². The van der Waals surface area contributed by atoms with Crippen LogP contribution in [0.15, 0.2) is 34.3 Å². The summed E-state index contributed by atoms with van der Waals surface area (Å²) in [7, 11) is 2.94. The molecule has 1 aromatic carbocycles. The van der Waals surface area contributed by atoms with E-state index < -0.39 is 5.97 Å². The van der Waals surface area contributed by atoms with Crippen molar-refractivity contribution in [1.29, 1.82) is 0 Å². The molecule has 9 heteroatoms. The van der Waals surface area contributed by atoms with Crippen LogP contribution in [0.1, 0.15) is 10.4 Å². The number of aromatic carboxylic acids is 1. The van der Waals surface area contributed by atoms with Gasteiger partial charge >= 0.3 is 35.5 Å². The standard InChI is InChI=1S/C13H11ClN2O4S.Na.H/c1-19-9-6-10(20-2)16-13(15-9)21-8-5-3-4-7(14)11(8)12(17)18;;/h3-6H,1-2H3,(H,17,18);;. The SMILES string of the molecule is COc1cc(OC)nc(Sc2cccc(Cl)c2C(=O)O)n1.[NaH]. The molecule has 2 rings (SSSR count). The van der Waals surface area contributed by atoms with Crippen molar-refractivity contribution in [2.45, 2.75) is 10.1 Å².